The van der Waals surface area contributed by atoms with Crippen molar-refractivity contribution in [2.75, 3.05) is 19.8 Å². The third kappa shape index (κ3) is 3.33. The molecule has 3 atom stereocenters. The van der Waals surface area contributed by atoms with Gasteiger partial charge in [0.2, 0.25) is 5.91 Å². The van der Waals surface area contributed by atoms with Gasteiger partial charge in [0.1, 0.15) is 6.04 Å². The summed E-state index contributed by atoms with van der Waals surface area (Å²) < 4.78 is 5.24. The topological polar surface area (TPSA) is 50.4 Å². The Morgan fingerprint density at radius 1 is 1.60 bits per heavy atom. The minimum Gasteiger partial charge on any atom is -0.378 e. The molecule has 4 nitrogen and oxygen atoms in total. The highest BCUT2D eigenvalue weighted by Crippen LogP contribution is 2.33. The van der Waals surface area contributed by atoms with E-state index in [1.807, 2.05) is 0 Å². The minimum atomic E-state index is -0.137. The van der Waals surface area contributed by atoms with Crippen molar-refractivity contribution in [2.24, 2.45) is 5.92 Å². The molecule has 0 radical (unpaired) electrons. The largest absolute Gasteiger partial charge is 0.378 e. The van der Waals surface area contributed by atoms with E-state index in [9.17, 15) is 4.79 Å². The molecule has 2 unspecified atom stereocenters. The fourth-order valence-electron chi connectivity index (χ4n) is 1.89. The van der Waals surface area contributed by atoms with Crippen molar-refractivity contribution in [1.82, 2.24) is 10.6 Å². The summed E-state index contributed by atoms with van der Waals surface area (Å²) in [4.78, 5) is 11.7. The van der Waals surface area contributed by atoms with E-state index in [1.54, 1.807) is 0 Å². The number of nitrogens with one attached hydrogen (secondary N) is 2. The summed E-state index contributed by atoms with van der Waals surface area (Å²) in [6.45, 7) is 4.17. The lowest BCUT2D eigenvalue weighted by atomic mass is 10.2. The number of carbonyl (C=O) groups is 1. The van der Waals surface area contributed by atoms with E-state index in [4.69, 9.17) is 4.74 Å². The lowest BCUT2D eigenvalue weighted by Crippen LogP contribution is -2.51. The average molecular weight is 235 g/mol. The van der Waals surface area contributed by atoms with Crippen LogP contribution >= 0.6 is 12.4 Å². The lowest BCUT2D eigenvalue weighted by molar-refractivity contribution is -0.126. The van der Waals surface area contributed by atoms with Crippen LogP contribution in [0.3, 0.4) is 0 Å². The number of hydrogen-bond acceptors (Lipinski definition) is 3. The van der Waals surface area contributed by atoms with Crippen LogP contribution in [0, 0.1) is 5.92 Å². The van der Waals surface area contributed by atoms with E-state index in [2.05, 4.69) is 17.6 Å². The number of halogens is 1. The second kappa shape index (κ2) is 5.68. The molecule has 2 fully saturated rings. The molecular weight excluding hydrogens is 216 g/mol. The van der Waals surface area contributed by atoms with Gasteiger partial charge in [-0.3, -0.25) is 4.79 Å². The van der Waals surface area contributed by atoms with Crippen LogP contribution in [-0.2, 0) is 9.53 Å². The molecule has 2 aliphatic rings. The molecule has 2 rings (SSSR count). The molecule has 5 heteroatoms. The van der Waals surface area contributed by atoms with Gasteiger partial charge in [0.05, 0.1) is 13.2 Å². The Kier molecular flexibility index (Phi) is 4.83. The van der Waals surface area contributed by atoms with E-state index in [0.29, 0.717) is 25.2 Å². The van der Waals surface area contributed by atoms with Gasteiger partial charge in [-0.05, 0) is 12.3 Å². The molecule has 1 heterocycles. The quantitative estimate of drug-likeness (QED) is 0.739. The number of amides is 1. The number of rotatable bonds is 3. The van der Waals surface area contributed by atoms with E-state index in [0.717, 1.165) is 13.0 Å². The monoisotopic (exact) mass is 234 g/mol. The molecule has 88 valence electrons. The number of carbonyl (C=O) groups excluding carboxylic acids is 1. The predicted octanol–water partition coefficient (Wildman–Crippen LogP) is 0.311. The zero-order valence-electron chi connectivity index (χ0n) is 8.99. The van der Waals surface area contributed by atoms with Crippen LogP contribution in [0.2, 0.25) is 0 Å². The van der Waals surface area contributed by atoms with Crippen molar-refractivity contribution in [3.63, 3.8) is 0 Å². The van der Waals surface area contributed by atoms with Gasteiger partial charge in [0.15, 0.2) is 0 Å². The normalized spacial score (nSPS) is 34.1. The summed E-state index contributed by atoms with van der Waals surface area (Å²) in [7, 11) is 0. The summed E-state index contributed by atoms with van der Waals surface area (Å²) in [5.74, 6) is 0.814. The molecule has 1 amide bonds. The molecule has 0 bridgehead atoms. The van der Waals surface area contributed by atoms with Crippen LogP contribution in [0.25, 0.3) is 0 Å². The van der Waals surface area contributed by atoms with Crippen LogP contribution in [0.5, 0.6) is 0 Å². The Bertz CT molecular complexity index is 219. The summed E-state index contributed by atoms with van der Waals surface area (Å²) in [6, 6.07) is 0.290. The molecule has 0 aromatic heterocycles. The molecular formula is C10H19ClN2O2. The Labute approximate surface area is 96.5 Å². The zero-order valence-corrected chi connectivity index (χ0v) is 9.81. The maximum atomic E-state index is 11.7. The van der Waals surface area contributed by atoms with Crippen molar-refractivity contribution < 1.29 is 9.53 Å². The van der Waals surface area contributed by atoms with Gasteiger partial charge >= 0.3 is 0 Å². The first kappa shape index (κ1) is 12.7. The van der Waals surface area contributed by atoms with Crippen molar-refractivity contribution in [1.29, 1.82) is 0 Å². The van der Waals surface area contributed by atoms with Crippen molar-refractivity contribution in [3.8, 4) is 0 Å². The zero-order chi connectivity index (χ0) is 9.97. The van der Waals surface area contributed by atoms with E-state index >= 15 is 0 Å². The maximum Gasteiger partial charge on any atom is 0.239 e. The smallest absolute Gasteiger partial charge is 0.239 e. The van der Waals surface area contributed by atoms with Gasteiger partial charge in [0, 0.05) is 12.6 Å². The Hall–Kier alpha value is -0.320. The Balaban J connectivity index is 0.00000112. The second-order valence-corrected chi connectivity index (χ2v) is 4.10. The second-order valence-electron chi connectivity index (χ2n) is 4.10. The highest BCUT2D eigenvalue weighted by Gasteiger charge is 2.37. The molecule has 0 aromatic rings. The van der Waals surface area contributed by atoms with Crippen LogP contribution in [0.15, 0.2) is 0 Å². The fraction of sp³-hybridized carbons (Fsp3) is 0.900. The first-order chi connectivity index (χ1) is 6.81. The molecule has 2 N–H and O–H groups in total. The lowest BCUT2D eigenvalue weighted by Gasteiger charge is -2.22. The molecule has 15 heavy (non-hydrogen) atoms. The van der Waals surface area contributed by atoms with Gasteiger partial charge in [-0.15, -0.1) is 12.4 Å². The standard InChI is InChI=1S/C10H18N2O2.ClH/c1-2-7-5-8(7)12-10(13)9-6-14-4-3-11-9;/h7-9,11H,2-6H2,1H3,(H,12,13);1H/t7?,8?,9-;/m1./s1. The van der Waals surface area contributed by atoms with Crippen LogP contribution < -0.4 is 10.6 Å². The van der Waals surface area contributed by atoms with E-state index in [1.165, 1.54) is 6.42 Å². The molecule has 0 spiro atoms. The molecule has 1 saturated carbocycles. The summed E-state index contributed by atoms with van der Waals surface area (Å²) in [5, 5.41) is 6.19. The number of ether oxygens (including phenoxy) is 1. The van der Waals surface area contributed by atoms with E-state index in [-0.39, 0.29) is 24.4 Å². The molecule has 1 aliphatic carbocycles. The average Bonchev–Trinajstić information content (AvgIpc) is 2.98. The van der Waals surface area contributed by atoms with Crippen molar-refractivity contribution in [3.05, 3.63) is 0 Å². The fourth-order valence-corrected chi connectivity index (χ4v) is 1.89. The van der Waals surface area contributed by atoms with Gasteiger partial charge in [-0.1, -0.05) is 13.3 Å². The van der Waals surface area contributed by atoms with Gasteiger partial charge in [-0.25, -0.2) is 0 Å². The number of morpholine rings is 1. The first-order valence-corrected chi connectivity index (χ1v) is 5.42. The first-order valence-electron chi connectivity index (χ1n) is 5.42. The third-order valence-electron chi connectivity index (χ3n) is 3.01. The molecule has 1 saturated heterocycles. The maximum absolute atomic E-state index is 11.7. The summed E-state index contributed by atoms with van der Waals surface area (Å²) in [5.41, 5.74) is 0. The summed E-state index contributed by atoms with van der Waals surface area (Å²) in [6.07, 6.45) is 2.31. The summed E-state index contributed by atoms with van der Waals surface area (Å²) >= 11 is 0. The minimum absolute atomic E-state index is 0. The van der Waals surface area contributed by atoms with Gasteiger partial charge in [-0.2, -0.15) is 0 Å². The highest BCUT2D eigenvalue weighted by atomic mass is 35.5. The van der Waals surface area contributed by atoms with Gasteiger partial charge in [0.25, 0.3) is 0 Å². The highest BCUT2D eigenvalue weighted by molar-refractivity contribution is 5.85. The Morgan fingerprint density at radius 3 is 2.93 bits per heavy atom. The third-order valence-corrected chi connectivity index (χ3v) is 3.01. The predicted molar refractivity (Wildman–Crippen MR) is 60.2 cm³/mol. The van der Waals surface area contributed by atoms with Crippen molar-refractivity contribution in [2.45, 2.75) is 31.8 Å². The van der Waals surface area contributed by atoms with Crippen LogP contribution in [-0.4, -0.2) is 37.7 Å². The SMILES string of the molecule is CCC1CC1NC(=O)[C@H]1COCCN1.Cl. The van der Waals surface area contributed by atoms with E-state index < -0.39 is 0 Å². The molecule has 1 aliphatic heterocycles. The van der Waals surface area contributed by atoms with Gasteiger partial charge < -0.3 is 15.4 Å². The van der Waals surface area contributed by atoms with Crippen LogP contribution in [0.1, 0.15) is 19.8 Å². The molecule has 0 aromatic carbocycles. The van der Waals surface area contributed by atoms with Crippen LogP contribution in [0.4, 0.5) is 0 Å². The number of hydrogen-bond donors (Lipinski definition) is 2. The Morgan fingerprint density at radius 2 is 2.40 bits per heavy atom. The van der Waals surface area contributed by atoms with Crippen molar-refractivity contribution >= 4 is 18.3 Å².